The fraction of sp³-hybridized carbons (Fsp3) is 0.417. The number of aryl methyl sites for hydroxylation is 1. The van der Waals surface area contributed by atoms with Crippen LogP contribution in [0.3, 0.4) is 0 Å². The van der Waals surface area contributed by atoms with Gasteiger partial charge in [-0.2, -0.15) is 4.57 Å². The summed E-state index contributed by atoms with van der Waals surface area (Å²) in [7, 11) is 0. The van der Waals surface area contributed by atoms with Crippen molar-refractivity contribution in [2.75, 3.05) is 24.5 Å². The van der Waals surface area contributed by atoms with E-state index in [4.69, 9.17) is 0 Å². The molecule has 0 radical (unpaired) electrons. The van der Waals surface area contributed by atoms with Crippen LogP contribution < -0.4 is 20.1 Å². The van der Waals surface area contributed by atoms with E-state index in [2.05, 4.69) is 169 Å². The van der Waals surface area contributed by atoms with Crippen molar-refractivity contribution in [3.63, 3.8) is 0 Å². The molecule has 0 saturated heterocycles. The van der Waals surface area contributed by atoms with Crippen molar-refractivity contribution in [2.24, 2.45) is 17.8 Å². The number of thioether (sulfide) groups is 1. The van der Waals surface area contributed by atoms with Gasteiger partial charge >= 0.3 is 0 Å². The van der Waals surface area contributed by atoms with Crippen molar-refractivity contribution in [3.05, 3.63) is 142 Å². The summed E-state index contributed by atoms with van der Waals surface area (Å²) in [5.74, 6) is 1.74. The molecule has 356 valence electrons. The normalized spacial score (nSPS) is 16.9. The summed E-state index contributed by atoms with van der Waals surface area (Å²) in [5.41, 5.74) is 12.0. The molecule has 0 saturated carbocycles. The molecule has 1 unspecified atom stereocenters. The molecule has 2 heterocycles. The molecule has 4 aromatic carbocycles. The fourth-order valence-electron chi connectivity index (χ4n) is 9.90. The van der Waals surface area contributed by atoms with E-state index in [1.807, 2.05) is 23.1 Å². The lowest BCUT2D eigenvalue weighted by Gasteiger charge is -2.29. The Kier molecular flexibility index (Phi) is 17.7. The van der Waals surface area contributed by atoms with E-state index in [1.54, 1.807) is 0 Å². The van der Waals surface area contributed by atoms with E-state index in [0.717, 1.165) is 90.4 Å². The number of carbonyl (C=O) groups excluding carboxylic acids is 2. The summed E-state index contributed by atoms with van der Waals surface area (Å²) in [6.45, 7) is 11.9. The molecule has 1 aromatic heterocycles. The number of hydrogen-bond acceptors (Lipinski definition) is 5. The van der Waals surface area contributed by atoms with Gasteiger partial charge < -0.3 is 15.5 Å². The second-order valence-electron chi connectivity index (χ2n) is 20.0. The molecule has 0 fully saturated rings. The number of hydrogen-bond donors (Lipinski definition) is 2. The lowest BCUT2D eigenvalue weighted by molar-refractivity contribution is -0.669. The highest BCUT2D eigenvalue weighted by molar-refractivity contribution is 8.03. The average Bonchev–Trinajstić information content (AvgIpc) is 3.85. The first kappa shape index (κ1) is 49.2. The van der Waals surface area contributed by atoms with E-state index in [9.17, 15) is 9.59 Å². The van der Waals surface area contributed by atoms with Crippen molar-refractivity contribution in [3.8, 4) is 22.3 Å². The second kappa shape index (κ2) is 24.4. The quantitative estimate of drug-likeness (QED) is 0.0536. The lowest BCUT2D eigenvalue weighted by Crippen LogP contribution is -2.35. The Morgan fingerprint density at radius 1 is 0.676 bits per heavy atom. The number of allylic oxidation sites excluding steroid dienone is 6. The molecule has 1 aliphatic heterocycles. The third-order valence-corrected chi connectivity index (χ3v) is 15.7. The number of nitrogens with one attached hydrogen (secondary N) is 2. The van der Waals surface area contributed by atoms with Crippen LogP contribution in [0.25, 0.3) is 38.5 Å². The summed E-state index contributed by atoms with van der Waals surface area (Å²) < 4.78 is 3.90. The molecular weight excluding hydrogens is 873 g/mol. The van der Waals surface area contributed by atoms with Gasteiger partial charge in [-0.1, -0.05) is 149 Å². The standard InChI is InChI=1S/C60H72N4O2S2/c1-43(2)35-57(65)61-31-15-5-7-17-33-63-53-29-27-50(47-19-11-9-12-20-47)41-55(53)67-59(63)39-45-23-25-49-26-24-46(38-52(49)37-45)40-60-64(34-18-8-6-16-32-62-58(66)36-44(3)4)54-30-28-51(42-56(54)68-60)48-21-13-10-14-22-48/h9-14,19-22,27-30,37-44,49H,5-8,15-18,23-26,31-36H2,1-4H3,(H-,61,62,65,66)/p+1. The minimum Gasteiger partial charge on any atom is -0.356 e. The molecule has 0 bridgehead atoms. The van der Waals surface area contributed by atoms with Crippen LogP contribution in [0.4, 0.5) is 5.69 Å². The van der Waals surface area contributed by atoms with E-state index in [-0.39, 0.29) is 11.8 Å². The number of thiazole rings is 1. The Labute approximate surface area is 415 Å². The molecule has 6 nitrogen and oxygen atoms in total. The maximum absolute atomic E-state index is 12.2. The maximum Gasteiger partial charge on any atom is 0.263 e. The molecule has 5 aromatic rings. The predicted molar refractivity (Wildman–Crippen MR) is 289 cm³/mol. The van der Waals surface area contributed by atoms with Crippen LogP contribution in [0, 0.1) is 17.8 Å². The smallest absolute Gasteiger partial charge is 0.263 e. The third kappa shape index (κ3) is 13.5. The van der Waals surface area contributed by atoms with Gasteiger partial charge in [0.05, 0.1) is 10.7 Å². The fourth-order valence-corrected chi connectivity index (χ4v) is 12.3. The zero-order valence-electron chi connectivity index (χ0n) is 41.0. The average molecular weight is 946 g/mol. The van der Waals surface area contributed by atoms with Gasteiger partial charge in [0.15, 0.2) is 6.54 Å². The first-order valence-corrected chi connectivity index (χ1v) is 27.3. The van der Waals surface area contributed by atoms with Crippen LogP contribution in [-0.2, 0) is 16.1 Å². The van der Waals surface area contributed by atoms with Gasteiger partial charge in [0.2, 0.25) is 17.3 Å². The predicted octanol–water partition coefficient (Wildman–Crippen LogP) is 14.9. The zero-order chi connectivity index (χ0) is 47.2. The minimum atomic E-state index is 0.173. The van der Waals surface area contributed by atoms with Gasteiger partial charge in [0.1, 0.15) is 4.70 Å². The zero-order valence-corrected chi connectivity index (χ0v) is 42.7. The molecule has 68 heavy (non-hydrogen) atoms. The van der Waals surface area contributed by atoms with Gasteiger partial charge in [-0.3, -0.25) is 9.59 Å². The maximum atomic E-state index is 12.2. The summed E-state index contributed by atoms with van der Waals surface area (Å²) in [4.78, 5) is 28.2. The largest absolute Gasteiger partial charge is 0.356 e. The van der Waals surface area contributed by atoms with Crippen LogP contribution >= 0.6 is 23.1 Å². The number of fused-ring (bicyclic) bond motifs is 3. The van der Waals surface area contributed by atoms with Crippen molar-refractivity contribution >= 4 is 56.9 Å². The summed E-state index contributed by atoms with van der Waals surface area (Å²) >= 11 is 3.85. The Morgan fingerprint density at radius 2 is 1.29 bits per heavy atom. The molecule has 2 N–H and O–H groups in total. The van der Waals surface area contributed by atoms with Crippen LogP contribution in [-0.4, -0.2) is 31.4 Å². The number of carbonyl (C=O) groups is 2. The summed E-state index contributed by atoms with van der Waals surface area (Å²) in [5, 5.41) is 8.89. The van der Waals surface area contributed by atoms with Crippen LogP contribution in [0.1, 0.15) is 123 Å². The van der Waals surface area contributed by atoms with E-state index >= 15 is 0 Å². The van der Waals surface area contributed by atoms with E-state index < -0.39 is 0 Å². The molecule has 8 rings (SSSR count). The monoisotopic (exact) mass is 946 g/mol. The SMILES string of the molecule is CC(C)CC(=O)NCCCCCCN1C(=CC2=CC3=CC(=Cc4sc5cc(-c6ccccc6)ccc5[n+]4CCCCCCNC(=O)CC(C)C)CCC3CC2)Sc2cc(-c3ccccc3)ccc21. The first-order valence-electron chi connectivity index (χ1n) is 25.7. The van der Waals surface area contributed by atoms with Crippen LogP contribution in [0.15, 0.2) is 142 Å². The molecule has 1 atom stereocenters. The van der Waals surface area contributed by atoms with Crippen molar-refractivity contribution in [2.45, 2.75) is 129 Å². The van der Waals surface area contributed by atoms with Gasteiger partial charge in [0, 0.05) is 55.9 Å². The summed E-state index contributed by atoms with van der Waals surface area (Å²) in [6, 6.07) is 35.5. The second-order valence-corrected chi connectivity index (χ2v) is 22.1. The molecule has 0 spiro atoms. The van der Waals surface area contributed by atoms with Gasteiger partial charge in [-0.05, 0) is 138 Å². The number of aromatic nitrogens is 1. The minimum absolute atomic E-state index is 0.173. The highest BCUT2D eigenvalue weighted by atomic mass is 32.2. The van der Waals surface area contributed by atoms with Crippen molar-refractivity contribution in [1.82, 2.24) is 10.6 Å². The highest BCUT2D eigenvalue weighted by Gasteiger charge is 2.29. The number of benzene rings is 4. The number of nitrogens with zero attached hydrogens (tertiary/aromatic N) is 2. The summed E-state index contributed by atoms with van der Waals surface area (Å²) in [6.07, 6.45) is 24.7. The molecular formula is C60H73N4O2S2+. The van der Waals surface area contributed by atoms with Crippen molar-refractivity contribution in [1.29, 1.82) is 0 Å². The topological polar surface area (TPSA) is 65.3 Å². The lowest BCUT2D eigenvalue weighted by atomic mass is 9.77. The molecule has 2 amide bonds. The third-order valence-electron chi connectivity index (χ3n) is 13.5. The van der Waals surface area contributed by atoms with Gasteiger partial charge in [0.25, 0.3) is 5.01 Å². The Morgan fingerprint density at radius 3 is 1.97 bits per heavy atom. The Balaban J connectivity index is 0.992. The molecule has 8 heteroatoms. The number of anilines is 1. The molecule has 2 aliphatic carbocycles. The van der Waals surface area contributed by atoms with Crippen LogP contribution in [0.5, 0.6) is 0 Å². The number of amides is 2. The number of rotatable bonds is 22. The van der Waals surface area contributed by atoms with E-state index in [0.29, 0.717) is 30.6 Å². The van der Waals surface area contributed by atoms with Gasteiger partial charge in [-0.15, -0.1) is 0 Å². The first-order chi connectivity index (χ1) is 33.2. The molecule has 3 aliphatic rings. The van der Waals surface area contributed by atoms with Crippen molar-refractivity contribution < 1.29 is 14.2 Å². The Bertz CT molecular complexity index is 2620. The van der Waals surface area contributed by atoms with Crippen LogP contribution in [0.2, 0.25) is 0 Å². The number of unbranched alkanes of at least 4 members (excludes halogenated alkanes) is 6. The Hall–Kier alpha value is -5.18. The van der Waals surface area contributed by atoms with E-state index in [1.165, 1.54) is 82.7 Å². The van der Waals surface area contributed by atoms with Gasteiger partial charge in [-0.25, -0.2) is 0 Å². The highest BCUT2D eigenvalue weighted by Crippen LogP contribution is 2.49.